The summed E-state index contributed by atoms with van der Waals surface area (Å²) >= 11 is 0. The number of carbonyl (C=O) groups excluding carboxylic acids is 2. The van der Waals surface area contributed by atoms with Crippen LogP contribution in [0.25, 0.3) is 0 Å². The number of carbonyl (C=O) groups is 2. The Hall–Kier alpha value is -3.07. The molecule has 0 heterocycles. The van der Waals surface area contributed by atoms with Crippen molar-refractivity contribution < 1.29 is 22.7 Å². The van der Waals surface area contributed by atoms with Crippen molar-refractivity contribution in [1.29, 1.82) is 0 Å². The number of amides is 2. The second-order valence-electron chi connectivity index (χ2n) is 9.14. The van der Waals surface area contributed by atoms with E-state index in [2.05, 4.69) is 5.32 Å². The Balaban J connectivity index is 2.16. The maximum atomic E-state index is 13.3. The Morgan fingerprint density at radius 2 is 1.64 bits per heavy atom. The molecule has 0 fully saturated rings. The predicted molar refractivity (Wildman–Crippen MR) is 144 cm³/mol. The Labute approximate surface area is 215 Å². The summed E-state index contributed by atoms with van der Waals surface area (Å²) in [4.78, 5) is 27.7. The summed E-state index contributed by atoms with van der Waals surface area (Å²) in [6.45, 7) is 8.07. The molecular formula is C27H39N3O5S. The lowest BCUT2D eigenvalue weighted by atomic mass is 10.1. The van der Waals surface area contributed by atoms with Crippen molar-refractivity contribution in [2.24, 2.45) is 0 Å². The predicted octanol–water partition coefficient (Wildman–Crippen LogP) is 3.88. The van der Waals surface area contributed by atoms with Crippen molar-refractivity contribution in [2.45, 2.75) is 65.6 Å². The van der Waals surface area contributed by atoms with E-state index in [4.69, 9.17) is 4.74 Å². The van der Waals surface area contributed by atoms with Crippen LogP contribution in [0.2, 0.25) is 0 Å². The molecule has 0 aliphatic heterocycles. The standard InChI is InChI=1S/C27H39N3O5S/c1-7-21(3)28-27(32)22(4)29(19-23-12-10-20(2)11-13-23)26(31)9-8-18-30(36(6,33)34)24-14-16-25(35-5)17-15-24/h10-17,21-22H,7-9,18-19H2,1-6H3,(H,28,32)/t21-,22+/m0/s1. The number of anilines is 1. The number of nitrogens with zero attached hydrogens (tertiary/aromatic N) is 2. The fourth-order valence-electron chi connectivity index (χ4n) is 3.69. The van der Waals surface area contributed by atoms with Gasteiger partial charge in [0.2, 0.25) is 21.8 Å². The maximum Gasteiger partial charge on any atom is 0.242 e. The fraction of sp³-hybridized carbons (Fsp3) is 0.481. The summed E-state index contributed by atoms with van der Waals surface area (Å²) in [5, 5.41) is 2.95. The number of nitrogens with one attached hydrogen (secondary N) is 1. The van der Waals surface area contributed by atoms with Crippen molar-refractivity contribution >= 4 is 27.5 Å². The first-order valence-corrected chi connectivity index (χ1v) is 14.1. The van der Waals surface area contributed by atoms with Gasteiger partial charge < -0.3 is 15.0 Å². The molecule has 2 atom stereocenters. The van der Waals surface area contributed by atoms with E-state index < -0.39 is 16.1 Å². The summed E-state index contributed by atoms with van der Waals surface area (Å²) in [7, 11) is -2.01. The van der Waals surface area contributed by atoms with E-state index in [9.17, 15) is 18.0 Å². The van der Waals surface area contributed by atoms with Crippen molar-refractivity contribution in [2.75, 3.05) is 24.2 Å². The molecule has 0 bridgehead atoms. The molecule has 198 valence electrons. The summed E-state index contributed by atoms with van der Waals surface area (Å²) in [5.41, 5.74) is 2.54. The number of ether oxygens (including phenoxy) is 1. The highest BCUT2D eigenvalue weighted by Gasteiger charge is 2.27. The number of sulfonamides is 1. The van der Waals surface area contributed by atoms with Gasteiger partial charge in [-0.15, -0.1) is 0 Å². The topological polar surface area (TPSA) is 96.0 Å². The van der Waals surface area contributed by atoms with Gasteiger partial charge in [0.1, 0.15) is 11.8 Å². The fourth-order valence-corrected chi connectivity index (χ4v) is 4.66. The third kappa shape index (κ3) is 8.55. The van der Waals surface area contributed by atoms with E-state index in [0.29, 0.717) is 24.4 Å². The van der Waals surface area contributed by atoms with E-state index in [1.54, 1.807) is 43.2 Å². The lowest BCUT2D eigenvalue weighted by molar-refractivity contribution is -0.140. The van der Waals surface area contributed by atoms with Crippen LogP contribution < -0.4 is 14.4 Å². The number of rotatable bonds is 13. The number of aryl methyl sites for hydroxylation is 1. The van der Waals surface area contributed by atoms with Crippen LogP contribution in [0.1, 0.15) is 51.2 Å². The molecule has 2 aromatic rings. The average Bonchev–Trinajstić information content (AvgIpc) is 2.85. The largest absolute Gasteiger partial charge is 0.497 e. The van der Waals surface area contributed by atoms with Crippen molar-refractivity contribution in [3.8, 4) is 5.75 Å². The highest BCUT2D eigenvalue weighted by Crippen LogP contribution is 2.22. The van der Waals surface area contributed by atoms with Gasteiger partial charge in [-0.3, -0.25) is 13.9 Å². The Morgan fingerprint density at radius 3 is 2.17 bits per heavy atom. The normalized spacial score (nSPS) is 12.9. The zero-order chi connectivity index (χ0) is 26.9. The van der Waals surface area contributed by atoms with Gasteiger partial charge in [-0.25, -0.2) is 8.42 Å². The van der Waals surface area contributed by atoms with Crippen LogP contribution in [0.15, 0.2) is 48.5 Å². The van der Waals surface area contributed by atoms with E-state index in [0.717, 1.165) is 23.8 Å². The molecule has 36 heavy (non-hydrogen) atoms. The number of benzene rings is 2. The van der Waals surface area contributed by atoms with Crippen LogP contribution in [0, 0.1) is 6.92 Å². The van der Waals surface area contributed by atoms with Crippen LogP contribution >= 0.6 is 0 Å². The monoisotopic (exact) mass is 517 g/mol. The maximum absolute atomic E-state index is 13.3. The molecule has 0 saturated heterocycles. The second-order valence-corrected chi connectivity index (χ2v) is 11.0. The van der Waals surface area contributed by atoms with Gasteiger partial charge in [0.05, 0.1) is 19.1 Å². The van der Waals surface area contributed by atoms with Gasteiger partial charge in [-0.05, 0) is 63.4 Å². The molecule has 0 aromatic heterocycles. The molecule has 0 aliphatic carbocycles. The van der Waals surface area contributed by atoms with E-state index >= 15 is 0 Å². The van der Waals surface area contributed by atoms with Gasteiger partial charge in [0.15, 0.2) is 0 Å². The molecule has 2 rings (SSSR count). The van der Waals surface area contributed by atoms with Crippen LogP contribution in [-0.2, 0) is 26.2 Å². The minimum absolute atomic E-state index is 0.00379. The van der Waals surface area contributed by atoms with Crippen molar-refractivity contribution in [3.63, 3.8) is 0 Å². The molecule has 8 nitrogen and oxygen atoms in total. The molecule has 0 aliphatic rings. The molecule has 9 heteroatoms. The third-order valence-corrected chi connectivity index (χ3v) is 7.35. The molecular weight excluding hydrogens is 478 g/mol. The first-order chi connectivity index (χ1) is 17.0. The van der Waals surface area contributed by atoms with Gasteiger partial charge in [-0.1, -0.05) is 36.8 Å². The number of methoxy groups -OCH3 is 1. The Bertz CT molecular complexity index is 1100. The van der Waals surface area contributed by atoms with Crippen LogP contribution in [-0.4, -0.2) is 57.1 Å². The third-order valence-electron chi connectivity index (χ3n) is 6.15. The minimum atomic E-state index is -3.55. The second kappa shape index (κ2) is 13.3. The molecule has 0 unspecified atom stereocenters. The summed E-state index contributed by atoms with van der Waals surface area (Å²) in [6, 6.07) is 13.9. The minimum Gasteiger partial charge on any atom is -0.497 e. The van der Waals surface area contributed by atoms with Crippen LogP contribution in [0.3, 0.4) is 0 Å². The summed E-state index contributed by atoms with van der Waals surface area (Å²) < 4.78 is 31.3. The van der Waals surface area contributed by atoms with Crippen molar-refractivity contribution in [3.05, 3.63) is 59.7 Å². The lowest BCUT2D eigenvalue weighted by Gasteiger charge is -2.30. The SMILES string of the molecule is CC[C@H](C)NC(=O)[C@@H](C)N(Cc1ccc(C)cc1)C(=O)CCCN(c1ccc(OC)cc1)S(C)(=O)=O. The van der Waals surface area contributed by atoms with E-state index in [-0.39, 0.29) is 30.8 Å². The highest BCUT2D eigenvalue weighted by molar-refractivity contribution is 7.92. The average molecular weight is 518 g/mol. The zero-order valence-electron chi connectivity index (χ0n) is 22.2. The highest BCUT2D eigenvalue weighted by atomic mass is 32.2. The summed E-state index contributed by atoms with van der Waals surface area (Å²) in [5.74, 6) is 0.213. The Kier molecular flexibility index (Phi) is 10.8. The van der Waals surface area contributed by atoms with Gasteiger partial charge in [0.25, 0.3) is 0 Å². The molecule has 2 amide bonds. The van der Waals surface area contributed by atoms with Gasteiger partial charge in [-0.2, -0.15) is 0 Å². The molecule has 1 N–H and O–H groups in total. The first-order valence-electron chi connectivity index (χ1n) is 12.2. The first kappa shape index (κ1) is 29.2. The van der Waals surface area contributed by atoms with Gasteiger partial charge >= 0.3 is 0 Å². The van der Waals surface area contributed by atoms with Crippen molar-refractivity contribution in [1.82, 2.24) is 10.2 Å². The molecule has 0 saturated carbocycles. The smallest absolute Gasteiger partial charge is 0.242 e. The van der Waals surface area contributed by atoms with Crippen LogP contribution in [0.5, 0.6) is 5.75 Å². The lowest BCUT2D eigenvalue weighted by Crippen LogP contribution is -2.49. The summed E-state index contributed by atoms with van der Waals surface area (Å²) in [6.07, 6.45) is 2.35. The molecule has 0 spiro atoms. The molecule has 0 radical (unpaired) electrons. The number of hydrogen-bond acceptors (Lipinski definition) is 5. The zero-order valence-corrected chi connectivity index (χ0v) is 23.0. The van der Waals surface area contributed by atoms with E-state index in [1.165, 1.54) is 4.31 Å². The Morgan fingerprint density at radius 1 is 1.03 bits per heavy atom. The van der Waals surface area contributed by atoms with E-state index in [1.807, 2.05) is 45.0 Å². The quantitative estimate of drug-likeness (QED) is 0.435. The van der Waals surface area contributed by atoms with Crippen LogP contribution in [0.4, 0.5) is 5.69 Å². The number of hydrogen-bond donors (Lipinski definition) is 1. The van der Waals surface area contributed by atoms with Gasteiger partial charge in [0, 0.05) is 25.6 Å². The molecule has 2 aromatic carbocycles.